The molecule has 4 N–H and O–H groups in total. The van der Waals surface area contributed by atoms with Crippen LogP contribution in [0.2, 0.25) is 0 Å². The fraction of sp³-hybridized carbons (Fsp3) is 0.222. The second-order valence-electron chi connectivity index (χ2n) is 6.57. The van der Waals surface area contributed by atoms with Crippen molar-refractivity contribution in [3.8, 4) is 5.75 Å². The third-order valence-electron chi connectivity index (χ3n) is 4.60. The summed E-state index contributed by atoms with van der Waals surface area (Å²) in [4.78, 5) is 18.0. The fourth-order valence-electron chi connectivity index (χ4n) is 3.16. The van der Waals surface area contributed by atoms with Crippen LogP contribution in [0.5, 0.6) is 5.75 Å². The summed E-state index contributed by atoms with van der Waals surface area (Å²) < 4.78 is 20.4. The number of ether oxygens (including phenoxy) is 1. The number of carbonyl (C=O) groups is 1. The molecule has 0 aliphatic carbocycles. The number of amides is 1. The number of nitrogens with one attached hydrogen (secondary N) is 1. The molecule has 0 saturated heterocycles. The SMILES string of the molecule is [B]C1(O)c2c(F)cc(Br)cc2OCC1NC(=O)c1sc2nc(C)ccc2c1N. The first-order valence-electron chi connectivity index (χ1n) is 8.28. The summed E-state index contributed by atoms with van der Waals surface area (Å²) in [5.41, 5.74) is 4.82. The number of rotatable bonds is 2. The number of aryl methyl sites for hydroxylation is 1. The van der Waals surface area contributed by atoms with Crippen molar-refractivity contribution >= 4 is 56.9 Å². The van der Waals surface area contributed by atoms with E-state index in [0.717, 1.165) is 17.0 Å². The van der Waals surface area contributed by atoms with Gasteiger partial charge in [0.25, 0.3) is 5.91 Å². The Hall–Kier alpha value is -2.17. The van der Waals surface area contributed by atoms with Gasteiger partial charge in [0, 0.05) is 15.6 Å². The smallest absolute Gasteiger partial charge is 0.263 e. The first-order valence-corrected chi connectivity index (χ1v) is 9.89. The molecule has 2 unspecified atom stereocenters. The molecule has 3 heterocycles. The molecule has 6 nitrogen and oxygen atoms in total. The van der Waals surface area contributed by atoms with Gasteiger partial charge in [0.1, 0.15) is 35.7 Å². The summed E-state index contributed by atoms with van der Waals surface area (Å²) >= 11 is 4.30. The minimum atomic E-state index is -2.16. The van der Waals surface area contributed by atoms with Crippen LogP contribution in [0.25, 0.3) is 10.2 Å². The zero-order valence-electron chi connectivity index (χ0n) is 14.6. The van der Waals surface area contributed by atoms with Gasteiger partial charge in [-0.1, -0.05) is 15.9 Å². The van der Waals surface area contributed by atoms with Crippen LogP contribution in [-0.2, 0) is 5.50 Å². The standard InChI is InChI=1S/C18H14BBrFN3O3S/c1-7-2-3-9-14(22)15(28-17(9)23-7)16(25)24-12-6-27-11-5-8(20)4-10(21)13(11)18(12,19)26/h2-5,12,26H,6,22H2,1H3,(H,24,25). The summed E-state index contributed by atoms with van der Waals surface area (Å²) in [5, 5.41) is 14.1. The molecule has 1 aromatic carbocycles. The highest BCUT2D eigenvalue weighted by Gasteiger charge is 2.43. The average Bonchev–Trinajstić information content (AvgIpc) is 2.92. The van der Waals surface area contributed by atoms with E-state index in [1.165, 1.54) is 12.1 Å². The maximum atomic E-state index is 14.4. The van der Waals surface area contributed by atoms with E-state index in [1.54, 1.807) is 12.1 Å². The Kier molecular flexibility index (Phi) is 4.60. The fourth-order valence-corrected chi connectivity index (χ4v) is 4.61. The van der Waals surface area contributed by atoms with Crippen molar-refractivity contribution in [2.75, 3.05) is 12.3 Å². The lowest BCUT2D eigenvalue weighted by Crippen LogP contribution is -2.57. The Labute approximate surface area is 173 Å². The van der Waals surface area contributed by atoms with Gasteiger partial charge in [0.2, 0.25) is 0 Å². The minimum absolute atomic E-state index is 0.114. The highest BCUT2D eigenvalue weighted by atomic mass is 79.9. The molecule has 3 aromatic rings. The molecule has 0 fully saturated rings. The van der Waals surface area contributed by atoms with E-state index in [0.29, 0.717) is 14.7 Å². The number of hydrogen-bond acceptors (Lipinski definition) is 6. The third kappa shape index (κ3) is 3.05. The Morgan fingerprint density at radius 1 is 1.54 bits per heavy atom. The molecule has 4 rings (SSSR count). The Bertz CT molecular complexity index is 1120. The molecule has 2 aromatic heterocycles. The van der Waals surface area contributed by atoms with E-state index in [2.05, 4.69) is 26.2 Å². The van der Waals surface area contributed by atoms with Crippen LogP contribution < -0.4 is 15.8 Å². The minimum Gasteiger partial charge on any atom is -0.491 e. The van der Waals surface area contributed by atoms with Crippen molar-refractivity contribution in [2.24, 2.45) is 0 Å². The number of aromatic nitrogens is 1. The number of nitrogens with zero attached hydrogens (tertiary/aromatic N) is 1. The molecule has 142 valence electrons. The van der Waals surface area contributed by atoms with Crippen LogP contribution in [-0.4, -0.2) is 36.5 Å². The molecule has 28 heavy (non-hydrogen) atoms. The second kappa shape index (κ2) is 6.72. The van der Waals surface area contributed by atoms with Gasteiger partial charge < -0.3 is 20.9 Å². The number of pyridine rings is 1. The molecule has 0 saturated carbocycles. The number of carbonyl (C=O) groups excluding carboxylic acids is 1. The van der Waals surface area contributed by atoms with Crippen molar-refractivity contribution in [1.82, 2.24) is 10.3 Å². The van der Waals surface area contributed by atoms with E-state index in [4.69, 9.17) is 18.3 Å². The molecule has 10 heteroatoms. The molecular weight excluding hydrogens is 448 g/mol. The Morgan fingerprint density at radius 3 is 3.04 bits per heavy atom. The summed E-state index contributed by atoms with van der Waals surface area (Å²) in [6, 6.07) is 5.20. The molecule has 2 radical (unpaired) electrons. The number of benzene rings is 1. The van der Waals surface area contributed by atoms with Gasteiger partial charge in [-0.15, -0.1) is 11.3 Å². The maximum absolute atomic E-state index is 14.4. The summed E-state index contributed by atoms with van der Waals surface area (Å²) in [5.74, 6) is -1.17. The summed E-state index contributed by atoms with van der Waals surface area (Å²) in [6.45, 7) is 1.71. The van der Waals surface area contributed by atoms with Crippen LogP contribution in [0.15, 0.2) is 28.7 Å². The average molecular weight is 462 g/mol. The largest absolute Gasteiger partial charge is 0.491 e. The molecule has 0 bridgehead atoms. The normalized spacial score (nSPS) is 21.2. The van der Waals surface area contributed by atoms with E-state index < -0.39 is 23.3 Å². The van der Waals surface area contributed by atoms with Crippen molar-refractivity contribution < 1.29 is 19.0 Å². The van der Waals surface area contributed by atoms with Gasteiger partial charge in [-0.2, -0.15) is 0 Å². The van der Waals surface area contributed by atoms with Gasteiger partial charge in [0.15, 0.2) is 0 Å². The zero-order chi connectivity index (χ0) is 20.2. The lowest BCUT2D eigenvalue weighted by Gasteiger charge is -2.39. The number of nitrogen functional groups attached to an aromatic ring is 1. The first-order chi connectivity index (χ1) is 13.2. The molecule has 1 aliphatic rings. The van der Waals surface area contributed by atoms with Gasteiger partial charge in [-0.25, -0.2) is 9.37 Å². The number of anilines is 1. The summed E-state index contributed by atoms with van der Waals surface area (Å²) in [6.07, 6.45) is 0. The van der Waals surface area contributed by atoms with Gasteiger partial charge in [-0.3, -0.25) is 4.79 Å². The van der Waals surface area contributed by atoms with Gasteiger partial charge in [0.05, 0.1) is 22.8 Å². The highest BCUT2D eigenvalue weighted by molar-refractivity contribution is 9.10. The quantitative estimate of drug-likeness (QED) is 0.509. The predicted octanol–water partition coefficient (Wildman–Crippen LogP) is 2.59. The lowest BCUT2D eigenvalue weighted by molar-refractivity contribution is 0.0296. The molecular formula is C18H14BBrFN3O3S. The lowest BCUT2D eigenvalue weighted by atomic mass is 9.68. The van der Waals surface area contributed by atoms with Crippen molar-refractivity contribution in [2.45, 2.75) is 18.5 Å². The van der Waals surface area contributed by atoms with Gasteiger partial charge >= 0.3 is 0 Å². The number of halogens is 2. The predicted molar refractivity (Wildman–Crippen MR) is 109 cm³/mol. The van der Waals surface area contributed by atoms with Crippen LogP contribution in [0.4, 0.5) is 10.1 Å². The van der Waals surface area contributed by atoms with Gasteiger partial charge in [-0.05, 0) is 31.2 Å². The molecule has 2 atom stereocenters. The molecule has 1 aliphatic heterocycles. The van der Waals surface area contributed by atoms with Crippen molar-refractivity contribution in [1.29, 1.82) is 0 Å². The first kappa shape index (κ1) is 19.2. The Balaban J connectivity index is 1.66. The summed E-state index contributed by atoms with van der Waals surface area (Å²) in [7, 11) is 6.01. The number of thiophene rings is 1. The number of nitrogens with two attached hydrogens (primary N) is 1. The van der Waals surface area contributed by atoms with Crippen LogP contribution in [0.1, 0.15) is 20.9 Å². The van der Waals surface area contributed by atoms with Crippen LogP contribution in [0.3, 0.4) is 0 Å². The van der Waals surface area contributed by atoms with E-state index in [-0.39, 0.29) is 28.5 Å². The number of hydrogen-bond donors (Lipinski definition) is 3. The monoisotopic (exact) mass is 461 g/mol. The maximum Gasteiger partial charge on any atom is 0.263 e. The van der Waals surface area contributed by atoms with Crippen LogP contribution >= 0.6 is 27.3 Å². The topological polar surface area (TPSA) is 97.5 Å². The molecule has 1 amide bonds. The third-order valence-corrected chi connectivity index (χ3v) is 6.17. The second-order valence-corrected chi connectivity index (χ2v) is 8.49. The van der Waals surface area contributed by atoms with Crippen molar-refractivity contribution in [3.05, 3.63) is 50.7 Å². The zero-order valence-corrected chi connectivity index (χ0v) is 17.0. The number of aliphatic hydroxyl groups is 1. The van der Waals surface area contributed by atoms with E-state index >= 15 is 0 Å². The van der Waals surface area contributed by atoms with Crippen LogP contribution in [0, 0.1) is 12.7 Å². The highest BCUT2D eigenvalue weighted by Crippen LogP contribution is 2.39. The molecule has 0 spiro atoms. The number of fused-ring (bicyclic) bond motifs is 2. The van der Waals surface area contributed by atoms with Crippen molar-refractivity contribution in [3.63, 3.8) is 0 Å². The van der Waals surface area contributed by atoms with E-state index in [9.17, 15) is 14.3 Å². The Morgan fingerprint density at radius 2 is 2.29 bits per heavy atom. The van der Waals surface area contributed by atoms with E-state index in [1.807, 2.05) is 6.92 Å².